The lowest BCUT2D eigenvalue weighted by Crippen LogP contribution is -2.39. The van der Waals surface area contributed by atoms with Crippen LogP contribution in [-0.2, 0) is 0 Å². The summed E-state index contributed by atoms with van der Waals surface area (Å²) in [6, 6.07) is 5.07. The maximum absolute atomic E-state index is 13.9. The fourth-order valence-corrected chi connectivity index (χ4v) is 3.09. The molecule has 0 aromatic heterocycles. The highest BCUT2D eigenvalue weighted by Gasteiger charge is 2.27. The van der Waals surface area contributed by atoms with E-state index >= 15 is 0 Å². The summed E-state index contributed by atoms with van der Waals surface area (Å²) in [6.07, 6.45) is 5.64. The Labute approximate surface area is 121 Å². The van der Waals surface area contributed by atoms with E-state index in [0.29, 0.717) is 0 Å². The van der Waals surface area contributed by atoms with E-state index in [-0.39, 0.29) is 17.5 Å². The molecule has 2 nitrogen and oxygen atoms in total. The normalized spacial score (nSPS) is 22.6. The van der Waals surface area contributed by atoms with Gasteiger partial charge in [0.2, 0.25) is 0 Å². The molecule has 0 atom stereocenters. The first-order valence-corrected chi connectivity index (χ1v) is 7.56. The zero-order valence-electron chi connectivity index (χ0n) is 12.7. The van der Waals surface area contributed by atoms with Gasteiger partial charge in [0.25, 0.3) is 5.91 Å². The van der Waals surface area contributed by atoms with E-state index in [1.807, 2.05) is 6.92 Å². The van der Waals surface area contributed by atoms with Gasteiger partial charge in [-0.2, -0.15) is 0 Å². The summed E-state index contributed by atoms with van der Waals surface area (Å²) in [5.41, 5.74) is 1.03. The zero-order valence-corrected chi connectivity index (χ0v) is 12.7. The number of benzene rings is 1. The van der Waals surface area contributed by atoms with Gasteiger partial charge in [-0.25, -0.2) is 4.39 Å². The van der Waals surface area contributed by atoms with Crippen LogP contribution < -0.4 is 0 Å². The summed E-state index contributed by atoms with van der Waals surface area (Å²) in [4.78, 5) is 14.1. The van der Waals surface area contributed by atoms with Gasteiger partial charge in [0, 0.05) is 13.1 Å². The van der Waals surface area contributed by atoms with Crippen LogP contribution in [0.3, 0.4) is 0 Å². The summed E-state index contributed by atoms with van der Waals surface area (Å²) >= 11 is 0. The van der Waals surface area contributed by atoms with Crippen LogP contribution in [0.5, 0.6) is 0 Å². The third kappa shape index (κ3) is 3.20. The first kappa shape index (κ1) is 15.0. The molecule has 1 aromatic carbocycles. The summed E-state index contributed by atoms with van der Waals surface area (Å²) in [5.74, 6) is 0.192. The summed E-state index contributed by atoms with van der Waals surface area (Å²) in [7, 11) is 1.80. The zero-order chi connectivity index (χ0) is 14.7. The molecule has 3 heteroatoms. The van der Waals surface area contributed by atoms with E-state index in [4.69, 9.17) is 0 Å². The molecule has 0 radical (unpaired) electrons. The third-order valence-electron chi connectivity index (χ3n) is 4.62. The number of nitrogens with zero attached hydrogens (tertiary/aromatic N) is 1. The second-order valence-electron chi connectivity index (χ2n) is 5.98. The van der Waals surface area contributed by atoms with Crippen LogP contribution in [0.15, 0.2) is 18.2 Å². The van der Waals surface area contributed by atoms with Crippen molar-refractivity contribution in [1.82, 2.24) is 4.90 Å². The van der Waals surface area contributed by atoms with Crippen LogP contribution >= 0.6 is 0 Å². The van der Waals surface area contributed by atoms with Gasteiger partial charge in [-0.05, 0) is 56.2 Å². The minimum Gasteiger partial charge on any atom is -0.339 e. The molecule has 1 saturated carbocycles. The van der Waals surface area contributed by atoms with E-state index < -0.39 is 5.82 Å². The van der Waals surface area contributed by atoms with Gasteiger partial charge in [-0.15, -0.1) is 0 Å². The molecular weight excluding hydrogens is 253 g/mol. The van der Waals surface area contributed by atoms with Crippen LogP contribution in [0.2, 0.25) is 0 Å². The van der Waals surface area contributed by atoms with Gasteiger partial charge in [-0.1, -0.05) is 19.4 Å². The second kappa shape index (κ2) is 6.38. The van der Waals surface area contributed by atoms with Gasteiger partial charge in [0.1, 0.15) is 5.82 Å². The number of aryl methyl sites for hydroxylation is 1. The summed E-state index contributed by atoms with van der Waals surface area (Å²) in [5, 5.41) is 0. The molecule has 0 spiro atoms. The fourth-order valence-electron chi connectivity index (χ4n) is 3.09. The van der Waals surface area contributed by atoms with Crippen molar-refractivity contribution in [2.45, 2.75) is 52.0 Å². The predicted octanol–water partition coefficient (Wildman–Crippen LogP) is 4.17. The van der Waals surface area contributed by atoms with Gasteiger partial charge < -0.3 is 4.90 Å². The van der Waals surface area contributed by atoms with E-state index in [9.17, 15) is 9.18 Å². The van der Waals surface area contributed by atoms with Gasteiger partial charge in [0.05, 0.1) is 5.56 Å². The van der Waals surface area contributed by atoms with E-state index in [1.54, 1.807) is 24.1 Å². The smallest absolute Gasteiger partial charge is 0.256 e. The lowest BCUT2D eigenvalue weighted by Gasteiger charge is -2.34. The molecule has 20 heavy (non-hydrogen) atoms. The highest BCUT2D eigenvalue weighted by Crippen LogP contribution is 2.29. The molecule has 0 N–H and O–H groups in total. The van der Waals surface area contributed by atoms with Crippen molar-refractivity contribution in [3.8, 4) is 0 Å². The van der Waals surface area contributed by atoms with Crippen LogP contribution in [0.1, 0.15) is 54.9 Å². The maximum Gasteiger partial charge on any atom is 0.256 e. The molecule has 110 valence electrons. The standard InChI is InChI=1S/C17H24FNO/c1-4-13-6-8-14(9-7-13)19(3)17(20)15-10-5-12(2)11-16(15)18/h5,10-11,13-14H,4,6-9H2,1-3H3. The molecule has 1 aliphatic carbocycles. The minimum atomic E-state index is -0.413. The molecule has 0 saturated heterocycles. The topological polar surface area (TPSA) is 20.3 Å². The van der Waals surface area contributed by atoms with E-state index in [0.717, 1.165) is 24.3 Å². The lowest BCUT2D eigenvalue weighted by atomic mass is 9.84. The maximum atomic E-state index is 13.9. The Morgan fingerprint density at radius 1 is 1.30 bits per heavy atom. The Kier molecular flexibility index (Phi) is 4.79. The molecule has 2 rings (SSSR count). The Morgan fingerprint density at radius 2 is 1.95 bits per heavy atom. The van der Waals surface area contributed by atoms with Crippen LogP contribution in [0, 0.1) is 18.7 Å². The van der Waals surface area contributed by atoms with Gasteiger partial charge in [0.15, 0.2) is 0 Å². The largest absolute Gasteiger partial charge is 0.339 e. The molecule has 1 aliphatic rings. The minimum absolute atomic E-state index is 0.190. The fraction of sp³-hybridized carbons (Fsp3) is 0.588. The third-order valence-corrected chi connectivity index (χ3v) is 4.62. The number of rotatable bonds is 3. The Bertz CT molecular complexity index is 478. The summed E-state index contributed by atoms with van der Waals surface area (Å²) < 4.78 is 13.9. The van der Waals surface area contributed by atoms with Crippen molar-refractivity contribution in [3.63, 3.8) is 0 Å². The van der Waals surface area contributed by atoms with Crippen molar-refractivity contribution in [2.24, 2.45) is 5.92 Å². The molecule has 0 bridgehead atoms. The highest BCUT2D eigenvalue weighted by molar-refractivity contribution is 5.94. The van der Waals surface area contributed by atoms with Gasteiger partial charge in [-0.3, -0.25) is 4.79 Å². The van der Waals surface area contributed by atoms with Crippen molar-refractivity contribution < 1.29 is 9.18 Å². The van der Waals surface area contributed by atoms with Crippen LogP contribution in [-0.4, -0.2) is 23.9 Å². The van der Waals surface area contributed by atoms with Crippen molar-refractivity contribution in [2.75, 3.05) is 7.05 Å². The number of carbonyl (C=O) groups excluding carboxylic acids is 1. The van der Waals surface area contributed by atoms with Crippen LogP contribution in [0.25, 0.3) is 0 Å². The Morgan fingerprint density at radius 3 is 2.50 bits per heavy atom. The average molecular weight is 277 g/mol. The molecular formula is C17H24FNO. The first-order valence-electron chi connectivity index (χ1n) is 7.56. The van der Waals surface area contributed by atoms with E-state index in [2.05, 4.69) is 6.92 Å². The number of carbonyl (C=O) groups is 1. The Hall–Kier alpha value is -1.38. The van der Waals surface area contributed by atoms with Crippen molar-refractivity contribution >= 4 is 5.91 Å². The first-order chi connectivity index (χ1) is 9.52. The number of amides is 1. The molecule has 1 aromatic rings. The van der Waals surface area contributed by atoms with Crippen molar-refractivity contribution in [3.05, 3.63) is 35.1 Å². The van der Waals surface area contributed by atoms with Crippen molar-refractivity contribution in [1.29, 1.82) is 0 Å². The molecule has 0 aliphatic heterocycles. The molecule has 0 unspecified atom stereocenters. The molecule has 0 heterocycles. The molecule has 1 fully saturated rings. The average Bonchev–Trinajstić information content (AvgIpc) is 2.46. The SMILES string of the molecule is CCC1CCC(N(C)C(=O)c2ccc(C)cc2F)CC1. The lowest BCUT2D eigenvalue weighted by molar-refractivity contribution is 0.0670. The van der Waals surface area contributed by atoms with Gasteiger partial charge >= 0.3 is 0 Å². The second-order valence-corrected chi connectivity index (χ2v) is 5.98. The number of halogens is 1. The van der Waals surface area contributed by atoms with Crippen LogP contribution in [0.4, 0.5) is 4.39 Å². The highest BCUT2D eigenvalue weighted by atomic mass is 19.1. The molecule has 1 amide bonds. The predicted molar refractivity (Wildman–Crippen MR) is 79.3 cm³/mol. The Balaban J connectivity index is 2.05. The quantitative estimate of drug-likeness (QED) is 0.812. The van der Waals surface area contributed by atoms with E-state index in [1.165, 1.54) is 25.3 Å². The number of hydrogen-bond acceptors (Lipinski definition) is 1. The number of hydrogen-bond donors (Lipinski definition) is 0. The summed E-state index contributed by atoms with van der Waals surface area (Å²) in [6.45, 7) is 4.05. The monoisotopic (exact) mass is 277 g/mol.